The molecule has 0 unspecified atom stereocenters. The fourth-order valence-electron chi connectivity index (χ4n) is 3.34. The number of aryl methyl sites for hydroxylation is 1. The first-order valence-corrected chi connectivity index (χ1v) is 9.31. The van der Waals surface area contributed by atoms with Gasteiger partial charge in [0.15, 0.2) is 0 Å². The monoisotopic (exact) mass is 374 g/mol. The number of β-amino-alcohol motifs (C(OH)–C–C–N with tert-alkyl or cyclic N) is 1. The summed E-state index contributed by atoms with van der Waals surface area (Å²) in [7, 11) is 0. The third-order valence-electron chi connectivity index (χ3n) is 4.88. The normalized spacial score (nSPS) is 19.0. The van der Waals surface area contributed by atoms with Crippen LogP contribution in [0.15, 0.2) is 72.9 Å². The van der Waals surface area contributed by atoms with E-state index in [9.17, 15) is 9.90 Å². The van der Waals surface area contributed by atoms with Crippen molar-refractivity contribution < 1.29 is 9.90 Å². The Morgan fingerprint density at radius 1 is 1.11 bits per heavy atom. The van der Waals surface area contributed by atoms with Gasteiger partial charge in [0.25, 0.3) is 0 Å². The average molecular weight is 374 g/mol. The van der Waals surface area contributed by atoms with Gasteiger partial charge in [0, 0.05) is 5.56 Å². The van der Waals surface area contributed by atoms with E-state index in [-0.39, 0.29) is 18.6 Å². The summed E-state index contributed by atoms with van der Waals surface area (Å²) in [6, 6.07) is 17.4. The highest BCUT2D eigenvalue weighted by Crippen LogP contribution is 2.19. The third kappa shape index (κ3) is 3.87. The molecule has 0 fully saturated rings. The number of carbonyl (C=O) groups is 1. The first kappa shape index (κ1) is 18.1. The maximum atomic E-state index is 13.1. The molecule has 2 heterocycles. The molecule has 0 saturated carbocycles. The van der Waals surface area contributed by atoms with Crippen molar-refractivity contribution in [2.75, 3.05) is 6.54 Å². The molecule has 0 spiro atoms. The van der Waals surface area contributed by atoms with Crippen molar-refractivity contribution in [3.8, 4) is 11.3 Å². The van der Waals surface area contributed by atoms with E-state index in [1.54, 1.807) is 17.2 Å². The molecular weight excluding hydrogens is 352 g/mol. The Hall–Kier alpha value is -3.25. The zero-order valence-corrected chi connectivity index (χ0v) is 15.6. The lowest BCUT2D eigenvalue weighted by atomic mass is 10.0. The molecule has 6 heteroatoms. The fourth-order valence-corrected chi connectivity index (χ4v) is 3.34. The molecule has 1 N–H and O–H groups in total. The van der Waals surface area contributed by atoms with E-state index >= 15 is 0 Å². The first-order valence-electron chi connectivity index (χ1n) is 9.31. The smallest absolute Gasteiger partial charge is 0.362 e. The lowest BCUT2D eigenvalue weighted by Gasteiger charge is -2.33. The number of aromatic nitrogens is 3. The van der Waals surface area contributed by atoms with Crippen LogP contribution in [0.5, 0.6) is 0 Å². The van der Waals surface area contributed by atoms with Gasteiger partial charge in [0.1, 0.15) is 5.69 Å². The van der Waals surface area contributed by atoms with Gasteiger partial charge in [-0.25, -0.2) is 4.79 Å². The van der Waals surface area contributed by atoms with Gasteiger partial charge in [0.2, 0.25) is 0 Å². The number of hydrogen-bond acceptors (Lipinski definition) is 4. The Morgan fingerprint density at radius 3 is 2.61 bits per heavy atom. The predicted molar refractivity (Wildman–Crippen MR) is 107 cm³/mol. The van der Waals surface area contributed by atoms with Crippen LogP contribution in [0.2, 0.25) is 0 Å². The van der Waals surface area contributed by atoms with Crippen LogP contribution in [0.4, 0.5) is 4.79 Å². The maximum absolute atomic E-state index is 13.1. The van der Waals surface area contributed by atoms with Crippen LogP contribution in [-0.4, -0.2) is 49.7 Å². The van der Waals surface area contributed by atoms with E-state index in [2.05, 4.69) is 10.2 Å². The second-order valence-electron chi connectivity index (χ2n) is 7.03. The minimum absolute atomic E-state index is 0.160. The molecule has 1 amide bonds. The number of amides is 1. The first-order chi connectivity index (χ1) is 13.6. The van der Waals surface area contributed by atoms with Gasteiger partial charge in [-0.2, -0.15) is 5.10 Å². The zero-order chi connectivity index (χ0) is 19.5. The number of aliphatic hydroxyl groups is 1. The van der Waals surface area contributed by atoms with E-state index in [4.69, 9.17) is 0 Å². The number of rotatable bonds is 3. The fraction of sp³-hybridized carbons (Fsp3) is 0.227. The largest absolute Gasteiger partial charge is 0.387 e. The van der Waals surface area contributed by atoms with Crippen molar-refractivity contribution in [2.45, 2.75) is 25.5 Å². The van der Waals surface area contributed by atoms with E-state index in [1.807, 2.05) is 67.6 Å². The Labute approximate surface area is 163 Å². The van der Waals surface area contributed by atoms with Crippen LogP contribution in [-0.2, 0) is 6.42 Å². The summed E-state index contributed by atoms with van der Waals surface area (Å²) in [6.45, 7) is 2.24. The molecule has 28 heavy (non-hydrogen) atoms. The van der Waals surface area contributed by atoms with Gasteiger partial charge in [-0.3, -0.25) is 0 Å². The number of benzene rings is 2. The number of nitrogens with zero attached hydrogens (tertiary/aromatic N) is 4. The summed E-state index contributed by atoms with van der Waals surface area (Å²) in [5.41, 5.74) is 3.83. The lowest BCUT2D eigenvalue weighted by molar-refractivity contribution is 0.122. The van der Waals surface area contributed by atoms with Gasteiger partial charge in [-0.15, -0.1) is 5.10 Å². The molecule has 4 rings (SSSR count). The molecule has 1 aromatic heterocycles. The molecule has 1 aliphatic rings. The summed E-state index contributed by atoms with van der Waals surface area (Å²) >= 11 is 0. The van der Waals surface area contributed by atoms with Gasteiger partial charge >= 0.3 is 6.03 Å². The van der Waals surface area contributed by atoms with Crippen molar-refractivity contribution >= 4 is 6.03 Å². The van der Waals surface area contributed by atoms with Gasteiger partial charge in [-0.05, 0) is 18.9 Å². The van der Waals surface area contributed by atoms with Crippen molar-refractivity contribution in [2.24, 2.45) is 0 Å². The Balaban J connectivity index is 1.56. The van der Waals surface area contributed by atoms with E-state index in [0.717, 1.165) is 21.5 Å². The summed E-state index contributed by atoms with van der Waals surface area (Å²) in [4.78, 5) is 15.8. The third-order valence-corrected chi connectivity index (χ3v) is 4.88. The van der Waals surface area contributed by atoms with Crippen LogP contribution < -0.4 is 0 Å². The number of carbonyl (C=O) groups excluding carboxylic acids is 1. The molecule has 6 nitrogen and oxygen atoms in total. The number of hydrogen-bond donors (Lipinski definition) is 1. The minimum Gasteiger partial charge on any atom is -0.387 e. The molecule has 0 radical (unpaired) electrons. The van der Waals surface area contributed by atoms with Gasteiger partial charge in [0.05, 0.1) is 24.9 Å². The van der Waals surface area contributed by atoms with E-state index < -0.39 is 6.10 Å². The van der Waals surface area contributed by atoms with Crippen LogP contribution >= 0.6 is 0 Å². The van der Waals surface area contributed by atoms with Crippen molar-refractivity contribution in [3.05, 3.63) is 84.1 Å². The zero-order valence-electron chi connectivity index (χ0n) is 15.6. The highest BCUT2D eigenvalue weighted by atomic mass is 16.3. The summed E-state index contributed by atoms with van der Waals surface area (Å²) in [5, 5.41) is 18.6. The topological polar surface area (TPSA) is 71.2 Å². The molecule has 1 aliphatic heterocycles. The molecule has 0 saturated heterocycles. The molecule has 142 valence electrons. The van der Waals surface area contributed by atoms with Crippen molar-refractivity contribution in [1.29, 1.82) is 0 Å². The molecule has 0 bridgehead atoms. The van der Waals surface area contributed by atoms with Gasteiger partial charge < -0.3 is 10.0 Å². The van der Waals surface area contributed by atoms with Crippen LogP contribution in [0.3, 0.4) is 0 Å². The second-order valence-corrected chi connectivity index (χ2v) is 7.03. The molecule has 0 aliphatic carbocycles. The molecule has 2 aromatic carbocycles. The van der Waals surface area contributed by atoms with E-state index in [1.165, 1.54) is 0 Å². The lowest BCUT2D eigenvalue weighted by Crippen LogP contribution is -2.49. The molecule has 3 aromatic rings. The highest BCUT2D eigenvalue weighted by molar-refractivity contribution is 5.76. The Kier molecular flexibility index (Phi) is 5.04. The van der Waals surface area contributed by atoms with Gasteiger partial charge in [-0.1, -0.05) is 77.1 Å². The molecular formula is C22H22N4O2. The highest BCUT2D eigenvalue weighted by Gasteiger charge is 2.29. The summed E-state index contributed by atoms with van der Waals surface area (Å²) in [5.74, 6) is 0. The average Bonchev–Trinajstić information content (AvgIpc) is 3.20. The maximum Gasteiger partial charge on any atom is 0.362 e. The molecule has 2 atom stereocenters. The Bertz CT molecular complexity index is 979. The van der Waals surface area contributed by atoms with Crippen molar-refractivity contribution in [3.63, 3.8) is 0 Å². The summed E-state index contributed by atoms with van der Waals surface area (Å²) < 4.78 is 0. The SMILES string of the molecule is Cc1ccc(-c2cnn(C(=O)N3C[C@H](O)C=C[C@@H]3Cc3ccccc3)n2)cc1. The Morgan fingerprint density at radius 2 is 1.86 bits per heavy atom. The standard InChI is InChI=1S/C22H22N4O2/c1-16-7-9-18(10-8-16)21-14-23-26(24-21)22(28)25-15-20(27)12-11-19(25)13-17-5-3-2-4-6-17/h2-12,14,19-20,27H,13,15H2,1H3/t19-,20-/m1/s1. The quantitative estimate of drug-likeness (QED) is 0.715. The van der Waals surface area contributed by atoms with E-state index in [0.29, 0.717) is 12.1 Å². The van der Waals surface area contributed by atoms with Crippen LogP contribution in [0, 0.1) is 6.92 Å². The van der Waals surface area contributed by atoms with Crippen LogP contribution in [0.1, 0.15) is 11.1 Å². The van der Waals surface area contributed by atoms with Crippen LogP contribution in [0.25, 0.3) is 11.3 Å². The predicted octanol–water partition coefficient (Wildman–Crippen LogP) is 3.07. The van der Waals surface area contributed by atoms with Crippen molar-refractivity contribution in [1.82, 2.24) is 19.9 Å². The second kappa shape index (κ2) is 7.78. The minimum atomic E-state index is -0.692. The summed E-state index contributed by atoms with van der Waals surface area (Å²) in [6.07, 6.45) is 5.19. The number of aliphatic hydroxyl groups excluding tert-OH is 1.